The number of carbonyl (C=O) groups is 1. The van der Waals surface area contributed by atoms with Crippen LogP contribution in [-0.2, 0) is 4.79 Å². The molecule has 0 aliphatic heterocycles. The van der Waals surface area contributed by atoms with Crippen LogP contribution < -0.4 is 5.73 Å². The maximum Gasteiger partial charge on any atom is 0.311 e. The first-order valence-corrected chi connectivity index (χ1v) is 6.68. The van der Waals surface area contributed by atoms with Crippen molar-refractivity contribution in [1.82, 2.24) is 0 Å². The molecule has 1 aliphatic rings. The molecule has 0 aromatic heterocycles. The summed E-state index contributed by atoms with van der Waals surface area (Å²) < 4.78 is 0. The number of nitrogens with two attached hydrogens (primary N) is 1. The molecule has 6 nitrogen and oxygen atoms in total. The molecular weight excluding hydrogens is 260 g/mol. The Bertz CT molecular complexity index is 544. The number of aliphatic carboxylic acids is 1. The molecule has 6 heteroatoms. The number of carboxylic acids is 1. The summed E-state index contributed by atoms with van der Waals surface area (Å²) in [5.74, 6) is -1.46. The molecule has 1 saturated carbocycles. The van der Waals surface area contributed by atoms with Gasteiger partial charge in [-0.15, -0.1) is 0 Å². The number of hydrogen-bond acceptors (Lipinski definition) is 4. The number of nitrogen functional groups attached to an aromatic ring is 1. The van der Waals surface area contributed by atoms with Gasteiger partial charge < -0.3 is 10.8 Å². The van der Waals surface area contributed by atoms with Crippen LogP contribution in [0.4, 0.5) is 11.4 Å². The Morgan fingerprint density at radius 1 is 1.50 bits per heavy atom. The molecule has 3 atom stereocenters. The first kappa shape index (κ1) is 14.3. The van der Waals surface area contributed by atoms with E-state index in [0.29, 0.717) is 11.3 Å². The van der Waals surface area contributed by atoms with Gasteiger partial charge in [0, 0.05) is 17.8 Å². The van der Waals surface area contributed by atoms with Gasteiger partial charge in [-0.3, -0.25) is 14.9 Å². The van der Waals surface area contributed by atoms with E-state index in [1.54, 1.807) is 0 Å². The topological polar surface area (TPSA) is 106 Å². The highest BCUT2D eigenvalue weighted by Crippen LogP contribution is 2.43. The Balaban J connectivity index is 2.46. The molecular formula is C14H18N2O4. The van der Waals surface area contributed by atoms with Crippen molar-refractivity contribution in [2.75, 3.05) is 5.73 Å². The summed E-state index contributed by atoms with van der Waals surface area (Å²) in [6.07, 6.45) is 2.80. The fraction of sp³-hybridized carbons (Fsp3) is 0.500. The third kappa shape index (κ3) is 2.59. The van der Waals surface area contributed by atoms with E-state index >= 15 is 0 Å². The van der Waals surface area contributed by atoms with Gasteiger partial charge in [0.05, 0.1) is 10.8 Å². The van der Waals surface area contributed by atoms with Crippen LogP contribution in [0.1, 0.15) is 37.7 Å². The van der Waals surface area contributed by atoms with Gasteiger partial charge in [-0.25, -0.2) is 0 Å². The zero-order valence-electron chi connectivity index (χ0n) is 11.3. The normalized spacial score (nSPS) is 23.4. The number of nitrogens with zero attached hydrogens (tertiary/aromatic N) is 1. The quantitative estimate of drug-likeness (QED) is 0.500. The van der Waals surface area contributed by atoms with Gasteiger partial charge in [-0.1, -0.05) is 19.8 Å². The number of hydrogen-bond donors (Lipinski definition) is 2. The molecule has 0 spiro atoms. The Labute approximate surface area is 116 Å². The molecule has 0 amide bonds. The SMILES string of the molecule is CC1CCCC1C(C(=O)O)c1cc([N+](=O)[O-])ccc1N. The second-order valence-electron chi connectivity index (χ2n) is 5.46. The van der Waals surface area contributed by atoms with E-state index in [-0.39, 0.29) is 17.5 Å². The molecule has 3 unspecified atom stereocenters. The number of benzene rings is 1. The zero-order valence-corrected chi connectivity index (χ0v) is 11.3. The van der Waals surface area contributed by atoms with Crippen molar-refractivity contribution >= 4 is 17.3 Å². The maximum absolute atomic E-state index is 11.6. The number of anilines is 1. The lowest BCUT2D eigenvalue weighted by atomic mass is 9.79. The second-order valence-corrected chi connectivity index (χ2v) is 5.46. The average molecular weight is 278 g/mol. The number of nitro groups is 1. The molecule has 1 aromatic carbocycles. The lowest BCUT2D eigenvalue weighted by Gasteiger charge is -2.24. The standard InChI is InChI=1S/C14H18N2O4/c1-8-3-2-4-10(8)13(14(17)18)11-7-9(16(19)20)5-6-12(11)15/h5-8,10,13H,2-4,15H2,1H3,(H,17,18). The van der Waals surface area contributed by atoms with Crippen LogP contribution >= 0.6 is 0 Å². The molecule has 0 heterocycles. The number of nitro benzene ring substituents is 1. The minimum Gasteiger partial charge on any atom is -0.481 e. The largest absolute Gasteiger partial charge is 0.481 e. The van der Waals surface area contributed by atoms with Crippen LogP contribution in [0.15, 0.2) is 18.2 Å². The smallest absolute Gasteiger partial charge is 0.311 e. The zero-order chi connectivity index (χ0) is 14.9. The lowest BCUT2D eigenvalue weighted by Crippen LogP contribution is -2.24. The first-order valence-electron chi connectivity index (χ1n) is 6.68. The first-order chi connectivity index (χ1) is 9.41. The number of rotatable bonds is 4. The van der Waals surface area contributed by atoms with Gasteiger partial charge in [0.15, 0.2) is 0 Å². The fourth-order valence-corrected chi connectivity index (χ4v) is 3.16. The predicted molar refractivity (Wildman–Crippen MR) is 74.4 cm³/mol. The van der Waals surface area contributed by atoms with Crippen LogP contribution in [0, 0.1) is 22.0 Å². The van der Waals surface area contributed by atoms with Crippen LogP contribution in [-0.4, -0.2) is 16.0 Å². The highest BCUT2D eigenvalue weighted by Gasteiger charge is 2.37. The van der Waals surface area contributed by atoms with Gasteiger partial charge in [0.1, 0.15) is 0 Å². The molecule has 2 rings (SSSR count). The van der Waals surface area contributed by atoms with E-state index in [0.717, 1.165) is 19.3 Å². The van der Waals surface area contributed by atoms with Gasteiger partial charge in [0.2, 0.25) is 0 Å². The van der Waals surface area contributed by atoms with Crippen molar-refractivity contribution in [2.24, 2.45) is 11.8 Å². The molecule has 1 fully saturated rings. The van der Waals surface area contributed by atoms with E-state index in [1.807, 2.05) is 6.92 Å². The Hall–Kier alpha value is -2.11. The highest BCUT2D eigenvalue weighted by atomic mass is 16.6. The van der Waals surface area contributed by atoms with E-state index in [4.69, 9.17) is 5.73 Å². The van der Waals surface area contributed by atoms with Crippen molar-refractivity contribution in [2.45, 2.75) is 32.1 Å². The maximum atomic E-state index is 11.6. The molecule has 108 valence electrons. The third-order valence-corrected chi connectivity index (χ3v) is 4.24. The molecule has 1 aromatic rings. The van der Waals surface area contributed by atoms with E-state index < -0.39 is 16.8 Å². The summed E-state index contributed by atoms with van der Waals surface area (Å²) in [6, 6.07) is 4.03. The van der Waals surface area contributed by atoms with Gasteiger partial charge in [-0.2, -0.15) is 0 Å². The van der Waals surface area contributed by atoms with Gasteiger partial charge in [-0.05, 0) is 29.9 Å². The van der Waals surface area contributed by atoms with Crippen molar-refractivity contribution in [3.63, 3.8) is 0 Å². The van der Waals surface area contributed by atoms with Crippen molar-refractivity contribution in [1.29, 1.82) is 0 Å². The molecule has 1 aliphatic carbocycles. The lowest BCUT2D eigenvalue weighted by molar-refractivity contribution is -0.384. The Morgan fingerprint density at radius 3 is 2.70 bits per heavy atom. The van der Waals surface area contributed by atoms with Crippen molar-refractivity contribution < 1.29 is 14.8 Å². The highest BCUT2D eigenvalue weighted by molar-refractivity contribution is 5.79. The van der Waals surface area contributed by atoms with Crippen LogP contribution in [0.3, 0.4) is 0 Å². The molecule has 3 N–H and O–H groups in total. The molecule has 0 radical (unpaired) electrons. The number of carboxylic acid groups (broad SMARTS) is 1. The predicted octanol–water partition coefficient (Wildman–Crippen LogP) is 2.78. The molecule has 20 heavy (non-hydrogen) atoms. The van der Waals surface area contributed by atoms with Crippen molar-refractivity contribution in [3.05, 3.63) is 33.9 Å². The summed E-state index contributed by atoms with van der Waals surface area (Å²) in [4.78, 5) is 22.0. The summed E-state index contributed by atoms with van der Waals surface area (Å²) in [5, 5.41) is 20.4. The average Bonchev–Trinajstić information content (AvgIpc) is 2.77. The second kappa shape index (κ2) is 5.48. The third-order valence-electron chi connectivity index (χ3n) is 4.24. The van der Waals surface area contributed by atoms with E-state index in [2.05, 4.69) is 0 Å². The van der Waals surface area contributed by atoms with Crippen LogP contribution in [0.2, 0.25) is 0 Å². The minimum absolute atomic E-state index is 0.0168. The van der Waals surface area contributed by atoms with Gasteiger partial charge >= 0.3 is 5.97 Å². The van der Waals surface area contributed by atoms with Crippen molar-refractivity contribution in [3.8, 4) is 0 Å². The molecule has 0 saturated heterocycles. The van der Waals surface area contributed by atoms with Gasteiger partial charge in [0.25, 0.3) is 5.69 Å². The Morgan fingerprint density at radius 2 is 2.20 bits per heavy atom. The van der Waals surface area contributed by atoms with E-state index in [9.17, 15) is 20.0 Å². The van der Waals surface area contributed by atoms with Crippen LogP contribution in [0.5, 0.6) is 0 Å². The molecule has 0 bridgehead atoms. The summed E-state index contributed by atoms with van der Waals surface area (Å²) >= 11 is 0. The summed E-state index contributed by atoms with van der Waals surface area (Å²) in [6.45, 7) is 2.03. The van der Waals surface area contributed by atoms with E-state index in [1.165, 1.54) is 18.2 Å². The summed E-state index contributed by atoms with van der Waals surface area (Å²) in [5.41, 5.74) is 6.41. The summed E-state index contributed by atoms with van der Waals surface area (Å²) in [7, 11) is 0. The minimum atomic E-state index is -0.962. The fourth-order valence-electron chi connectivity index (χ4n) is 3.16. The number of non-ortho nitro benzene ring substituents is 1. The van der Waals surface area contributed by atoms with Crippen LogP contribution in [0.25, 0.3) is 0 Å². The Kier molecular flexibility index (Phi) is 3.92. The monoisotopic (exact) mass is 278 g/mol.